The summed E-state index contributed by atoms with van der Waals surface area (Å²) in [6.45, 7) is 0. The Morgan fingerprint density at radius 1 is 0.314 bits per heavy atom. The van der Waals surface area contributed by atoms with Gasteiger partial charge < -0.3 is 27.3 Å². The van der Waals surface area contributed by atoms with E-state index in [0.29, 0.717) is 0 Å². The minimum Gasteiger partial charge on any atom is -0.743 e. The average molecular weight is 734 g/mol. The summed E-state index contributed by atoms with van der Waals surface area (Å²) < 4.78 is 222. The van der Waals surface area contributed by atoms with E-state index in [1.807, 2.05) is 0 Å². The smallest absolute Gasteiger partial charge is 0.743 e. The zero-order valence-electron chi connectivity index (χ0n) is 14.4. The van der Waals surface area contributed by atoms with Crippen LogP contribution in [0, 0.1) is 0 Å². The van der Waals surface area contributed by atoms with E-state index in [-0.39, 0.29) is 34.7 Å². The second kappa shape index (κ2) is 12.8. The van der Waals surface area contributed by atoms with Crippen LogP contribution < -0.4 is 0 Å². The third-order valence-corrected chi connectivity index (χ3v) is 8.91. The van der Waals surface area contributed by atoms with Crippen LogP contribution in [0.4, 0.5) is 26.3 Å². The summed E-state index contributed by atoms with van der Waals surface area (Å²) in [7, 11) is -38.7. The molecule has 2 radical (unpaired) electrons. The minimum absolute atomic E-state index is 0. The minimum atomic E-state index is -6.44. The van der Waals surface area contributed by atoms with E-state index in [0.717, 1.165) is 0 Å². The van der Waals surface area contributed by atoms with E-state index in [4.69, 9.17) is 0 Å². The molecule has 0 spiro atoms. The van der Waals surface area contributed by atoms with Crippen molar-refractivity contribution >= 4 is 60.7 Å². The van der Waals surface area contributed by atoms with Gasteiger partial charge in [-0.05, 0) is 0 Å². The van der Waals surface area contributed by atoms with E-state index >= 15 is 0 Å². The van der Waals surface area contributed by atoms with Crippen molar-refractivity contribution in [2.45, 2.75) is 13.8 Å². The molecule has 0 saturated heterocycles. The van der Waals surface area contributed by atoms with Crippen molar-refractivity contribution in [3.05, 3.63) is 0 Å². The zero-order chi connectivity index (χ0) is 28.5. The molecule has 0 aliphatic heterocycles. The first kappa shape index (κ1) is 45.1. The van der Waals surface area contributed by atoms with E-state index in [2.05, 4.69) is 0 Å². The number of halogens is 6. The monoisotopic (exact) mass is 734 g/mol. The summed E-state index contributed by atoms with van der Waals surface area (Å²) >= 11 is 0. The first-order valence-corrected chi connectivity index (χ1v) is 13.8. The standard InChI is InChI=1S/3CH2F2O6S2.2Cr/c3*2-1(3,10(4,5)6)11(7,8)9;;/h3*(H,4,5,6)(H,7,8,9);;/q;;;2*+3/p-6. The Balaban J connectivity index is -0.000000125. The van der Waals surface area contributed by atoms with Crippen molar-refractivity contribution in [1.82, 2.24) is 0 Å². The molecule has 0 aromatic carbocycles. The Kier molecular flexibility index (Phi) is 16.4. The third-order valence-electron chi connectivity index (χ3n) is 1.75. The van der Waals surface area contributed by atoms with Gasteiger partial charge in [0.15, 0.2) is 60.7 Å². The van der Waals surface area contributed by atoms with Crippen molar-refractivity contribution in [2.24, 2.45) is 0 Å². The molecule has 0 heterocycles. The molecule has 0 aromatic heterocycles. The van der Waals surface area contributed by atoms with Crippen LogP contribution in [0.5, 0.6) is 0 Å². The van der Waals surface area contributed by atoms with Gasteiger partial charge in [0.2, 0.25) is 0 Å². The van der Waals surface area contributed by atoms with Crippen LogP contribution in [0.2, 0.25) is 0 Å². The Labute approximate surface area is 212 Å². The molecule has 35 heavy (non-hydrogen) atoms. The average Bonchev–Trinajstić information content (AvgIpc) is 2.41. The first-order valence-electron chi connectivity index (χ1n) is 5.36. The van der Waals surface area contributed by atoms with Gasteiger partial charge in [0, 0.05) is 0 Å². The van der Waals surface area contributed by atoms with Crippen molar-refractivity contribution in [3.63, 3.8) is 0 Å². The van der Waals surface area contributed by atoms with Crippen LogP contribution in [0.3, 0.4) is 0 Å². The van der Waals surface area contributed by atoms with E-state index in [1.165, 1.54) is 0 Å². The number of alkyl halides is 6. The SMILES string of the molecule is O=S(=O)([O-])C(F)(F)S(=O)(=O)[O-].O=S(=O)([O-])C(F)(F)S(=O)(=O)[O-].O=S(=O)([O-])C(F)(F)S(=O)(=O)[O-].[Cr+3].[Cr+3]. The molecule has 0 fully saturated rings. The van der Waals surface area contributed by atoms with Crippen LogP contribution in [-0.4, -0.2) is 91.6 Å². The number of hydrogen-bond donors (Lipinski definition) is 0. The Bertz CT molecular complexity index is 1080. The summed E-state index contributed by atoms with van der Waals surface area (Å²) in [4.78, 5) is 0. The topological polar surface area (TPSA) is 343 Å². The van der Waals surface area contributed by atoms with Gasteiger partial charge >= 0.3 is 48.5 Å². The molecule has 0 saturated carbocycles. The zero-order valence-corrected chi connectivity index (χ0v) is 21.8. The van der Waals surface area contributed by atoms with Crippen molar-refractivity contribution in [1.29, 1.82) is 0 Å². The summed E-state index contributed by atoms with van der Waals surface area (Å²) in [5.74, 6) is 0. The molecule has 210 valence electrons. The Morgan fingerprint density at radius 3 is 0.371 bits per heavy atom. The summed E-state index contributed by atoms with van der Waals surface area (Å²) in [5, 5.41) is 0. The van der Waals surface area contributed by atoms with Crippen LogP contribution in [0.25, 0.3) is 0 Å². The van der Waals surface area contributed by atoms with Gasteiger partial charge in [-0.1, -0.05) is 0 Å². The normalized spacial score (nSPS) is 14.1. The third kappa shape index (κ3) is 12.0. The molecule has 0 N–H and O–H groups in total. The molecule has 0 rings (SSSR count). The van der Waals surface area contributed by atoms with Gasteiger partial charge in [0.25, 0.3) is 0 Å². The summed E-state index contributed by atoms with van der Waals surface area (Å²) in [5.41, 5.74) is 0. The van der Waals surface area contributed by atoms with Crippen molar-refractivity contribution < 1.29 is 139 Å². The number of rotatable bonds is 6. The molecular formula is C3Cr2F6O18S6. The first-order chi connectivity index (χ1) is 13.5. The van der Waals surface area contributed by atoms with Gasteiger partial charge in [-0.25, -0.2) is 50.5 Å². The number of hydrogen-bond acceptors (Lipinski definition) is 18. The van der Waals surface area contributed by atoms with Gasteiger partial charge in [-0.15, -0.1) is 0 Å². The molecule has 0 aliphatic rings. The van der Waals surface area contributed by atoms with Gasteiger partial charge in [0.1, 0.15) is 0 Å². The molecule has 0 amide bonds. The fourth-order valence-corrected chi connectivity index (χ4v) is 3.38. The molecular weight excluding hydrogens is 734 g/mol. The van der Waals surface area contributed by atoms with Gasteiger partial charge in [-0.3, -0.25) is 0 Å². The second-order valence-corrected chi connectivity index (χ2v) is 13.4. The molecule has 0 unspecified atom stereocenters. The van der Waals surface area contributed by atoms with Crippen LogP contribution in [-0.2, 0) is 95.4 Å². The fourth-order valence-electron chi connectivity index (χ4n) is 0.375. The maximum Gasteiger partial charge on any atom is 3.00 e. The fraction of sp³-hybridized carbons (Fsp3) is 1.00. The maximum absolute atomic E-state index is 11.6. The van der Waals surface area contributed by atoms with Crippen molar-refractivity contribution in [2.75, 3.05) is 0 Å². The molecule has 32 heteroatoms. The maximum atomic E-state index is 11.6. The van der Waals surface area contributed by atoms with Crippen LogP contribution >= 0.6 is 0 Å². The molecule has 0 aliphatic carbocycles. The van der Waals surface area contributed by atoms with Crippen molar-refractivity contribution in [3.8, 4) is 0 Å². The van der Waals surface area contributed by atoms with E-state index < -0.39 is 74.5 Å². The predicted octanol–water partition coefficient (Wildman–Crippen LogP) is -4.12. The largest absolute Gasteiger partial charge is 3.00 e. The summed E-state index contributed by atoms with van der Waals surface area (Å²) in [6, 6.07) is 0. The molecule has 0 aromatic rings. The van der Waals surface area contributed by atoms with E-state index in [1.54, 1.807) is 0 Å². The van der Waals surface area contributed by atoms with Gasteiger partial charge in [0.05, 0.1) is 0 Å². The Hall–Kier alpha value is 0.105. The summed E-state index contributed by atoms with van der Waals surface area (Å²) in [6.07, 6.45) is 0. The van der Waals surface area contributed by atoms with Crippen LogP contribution in [0.15, 0.2) is 0 Å². The predicted molar refractivity (Wildman–Crippen MR) is 73.0 cm³/mol. The van der Waals surface area contributed by atoms with Crippen LogP contribution in [0.1, 0.15) is 0 Å². The van der Waals surface area contributed by atoms with E-state index in [9.17, 15) is 104 Å². The molecule has 0 bridgehead atoms. The second-order valence-electron chi connectivity index (χ2n) is 4.11. The van der Waals surface area contributed by atoms with Gasteiger partial charge in [-0.2, -0.15) is 26.3 Å². The molecule has 18 nitrogen and oxygen atoms in total. The quantitative estimate of drug-likeness (QED) is 0.185. The molecule has 0 atom stereocenters. The Morgan fingerprint density at radius 2 is 0.371 bits per heavy atom.